The highest BCUT2D eigenvalue weighted by molar-refractivity contribution is 6.09. The van der Waals surface area contributed by atoms with Crippen LogP contribution < -0.4 is 16.0 Å². The average Bonchev–Trinajstić information content (AvgIpc) is 3.18. The molecule has 6 N–H and O–H groups in total. The highest BCUT2D eigenvalue weighted by Gasteiger charge is 2.24. The number of carbonyl (C=O) groups excluding carboxylic acids is 5. The molecule has 0 aliphatic rings. The summed E-state index contributed by atoms with van der Waals surface area (Å²) in [6, 6.07) is 27.0. The summed E-state index contributed by atoms with van der Waals surface area (Å²) in [7, 11) is 0. The molecule has 5 aromatic carbocycles. The minimum atomic E-state index is -0.948. The molecule has 3 amide bonds. The summed E-state index contributed by atoms with van der Waals surface area (Å²) in [6.45, 7) is 4.95. The van der Waals surface area contributed by atoms with Gasteiger partial charge in [0.2, 0.25) is 5.91 Å². The number of aryl methyl sites for hydroxylation is 1. The van der Waals surface area contributed by atoms with Crippen LogP contribution in [0.5, 0.6) is 17.2 Å². The fourth-order valence-electron chi connectivity index (χ4n) is 5.97. The van der Waals surface area contributed by atoms with E-state index in [1.165, 1.54) is 48.5 Å². The SMILES string of the molecule is Cc1ccc(NC(=O)c2ccc(NC(=O)c3ccc(NC(=O)C(CC#N)CC(=O)c4ccc(CC(=O)Cc5ccc(O)cc5)cc4)cc3)c(C)c2O)c(C)c1O. The Morgan fingerprint density at radius 3 is 1.77 bits per heavy atom. The Labute approximate surface area is 323 Å². The van der Waals surface area contributed by atoms with Gasteiger partial charge in [-0.3, -0.25) is 24.0 Å². The van der Waals surface area contributed by atoms with Crippen molar-refractivity contribution in [2.24, 2.45) is 5.92 Å². The first-order valence-electron chi connectivity index (χ1n) is 17.7. The number of benzene rings is 5. The number of ketones is 2. The van der Waals surface area contributed by atoms with Crippen molar-refractivity contribution in [2.45, 2.75) is 46.5 Å². The Balaban J connectivity index is 1.15. The summed E-state index contributed by atoms with van der Waals surface area (Å²) >= 11 is 0. The molecule has 0 saturated heterocycles. The molecule has 0 heterocycles. The van der Waals surface area contributed by atoms with Crippen LogP contribution >= 0.6 is 0 Å². The molecular weight excluding hydrogens is 713 g/mol. The van der Waals surface area contributed by atoms with Gasteiger partial charge < -0.3 is 31.3 Å². The van der Waals surface area contributed by atoms with Gasteiger partial charge in [0.1, 0.15) is 23.0 Å². The number of nitrogens with one attached hydrogen (secondary N) is 3. The number of rotatable bonds is 14. The number of anilines is 3. The lowest BCUT2D eigenvalue weighted by molar-refractivity contribution is -0.120. The quantitative estimate of drug-likeness (QED) is 0.0627. The zero-order valence-corrected chi connectivity index (χ0v) is 31.0. The normalized spacial score (nSPS) is 11.2. The van der Waals surface area contributed by atoms with E-state index in [4.69, 9.17) is 0 Å². The molecule has 0 fully saturated rings. The number of amides is 3. The molecule has 12 heteroatoms. The third kappa shape index (κ3) is 9.83. The third-order valence-corrected chi connectivity index (χ3v) is 9.37. The van der Waals surface area contributed by atoms with Gasteiger partial charge >= 0.3 is 0 Å². The van der Waals surface area contributed by atoms with E-state index in [9.17, 15) is 44.6 Å². The summed E-state index contributed by atoms with van der Waals surface area (Å²) in [5, 5.41) is 48.0. The highest BCUT2D eigenvalue weighted by Crippen LogP contribution is 2.32. The zero-order chi connectivity index (χ0) is 40.5. The number of aromatic hydroxyl groups is 3. The average molecular weight is 753 g/mol. The van der Waals surface area contributed by atoms with E-state index in [1.807, 2.05) is 6.07 Å². The molecule has 5 rings (SSSR count). The predicted molar refractivity (Wildman–Crippen MR) is 211 cm³/mol. The second-order valence-corrected chi connectivity index (χ2v) is 13.5. The van der Waals surface area contributed by atoms with Gasteiger partial charge in [-0.2, -0.15) is 5.26 Å². The summed E-state index contributed by atoms with van der Waals surface area (Å²) < 4.78 is 0. The van der Waals surface area contributed by atoms with Crippen LogP contribution in [-0.4, -0.2) is 44.6 Å². The Hall–Kier alpha value is -7.26. The molecule has 0 aliphatic heterocycles. The largest absolute Gasteiger partial charge is 0.508 e. The molecule has 1 atom stereocenters. The van der Waals surface area contributed by atoms with E-state index in [0.29, 0.717) is 28.1 Å². The number of nitriles is 1. The second-order valence-electron chi connectivity index (χ2n) is 13.5. The van der Waals surface area contributed by atoms with Crippen LogP contribution in [0.15, 0.2) is 97.1 Å². The third-order valence-electron chi connectivity index (χ3n) is 9.37. The Kier molecular flexibility index (Phi) is 12.6. The van der Waals surface area contributed by atoms with E-state index in [-0.39, 0.29) is 76.9 Å². The molecule has 5 aromatic rings. The Morgan fingerprint density at radius 2 is 1.16 bits per heavy atom. The van der Waals surface area contributed by atoms with Gasteiger partial charge in [-0.15, -0.1) is 0 Å². The van der Waals surface area contributed by atoms with E-state index in [0.717, 1.165) is 11.1 Å². The molecule has 0 spiro atoms. The lowest BCUT2D eigenvalue weighted by Crippen LogP contribution is -2.25. The summed E-state index contributed by atoms with van der Waals surface area (Å²) in [4.78, 5) is 64.8. The molecule has 0 aliphatic carbocycles. The molecule has 0 bridgehead atoms. The lowest BCUT2D eigenvalue weighted by Gasteiger charge is -2.15. The molecule has 56 heavy (non-hydrogen) atoms. The van der Waals surface area contributed by atoms with E-state index >= 15 is 0 Å². The van der Waals surface area contributed by atoms with Crippen molar-refractivity contribution in [3.8, 4) is 23.3 Å². The lowest BCUT2D eigenvalue weighted by atomic mass is 9.94. The van der Waals surface area contributed by atoms with E-state index in [1.54, 1.807) is 69.3 Å². The minimum Gasteiger partial charge on any atom is -0.508 e. The fraction of sp³-hybridized carbons (Fsp3) is 0.182. The van der Waals surface area contributed by atoms with E-state index < -0.39 is 23.6 Å². The van der Waals surface area contributed by atoms with Crippen LogP contribution in [0.3, 0.4) is 0 Å². The maximum Gasteiger partial charge on any atom is 0.259 e. The topological polar surface area (TPSA) is 206 Å². The molecule has 284 valence electrons. The number of phenols is 3. The molecule has 0 aromatic heterocycles. The van der Waals surface area contributed by atoms with Crippen LogP contribution in [0.2, 0.25) is 0 Å². The number of hydrogen-bond acceptors (Lipinski definition) is 9. The minimum absolute atomic E-state index is 0.0266. The maximum atomic E-state index is 13.2. The summed E-state index contributed by atoms with van der Waals surface area (Å²) in [6.07, 6.45) is -0.0621. The van der Waals surface area contributed by atoms with E-state index in [2.05, 4.69) is 16.0 Å². The Bertz CT molecular complexity index is 2350. The second kappa shape index (κ2) is 17.7. The monoisotopic (exact) mass is 752 g/mol. The van der Waals surface area contributed by atoms with Gasteiger partial charge in [-0.25, -0.2) is 0 Å². The number of Topliss-reactive ketones (excluding diaryl/α,β-unsaturated/α-hetero) is 2. The van der Waals surface area contributed by atoms with Crippen molar-refractivity contribution in [2.75, 3.05) is 16.0 Å². The van der Waals surface area contributed by atoms with Crippen molar-refractivity contribution in [1.82, 2.24) is 0 Å². The number of hydrogen-bond donors (Lipinski definition) is 6. The molecule has 12 nitrogen and oxygen atoms in total. The van der Waals surface area contributed by atoms with Gasteiger partial charge in [0.05, 0.1) is 17.6 Å². The van der Waals surface area contributed by atoms with Gasteiger partial charge in [0.15, 0.2) is 5.78 Å². The number of carbonyl (C=O) groups is 5. The standard InChI is InChI=1S/C44H40N4O8/c1-25-4-18-37(26(2)40(25)52)48-44(56)36-17-19-38(27(3)41(36)53)47-42(54)31-11-13-33(14-12-31)46-43(55)32(20-21-45)24-39(51)30-9-5-28(6-10-30)22-35(50)23-29-7-15-34(49)16-8-29/h4-19,32,49,52-53H,20,22-24H2,1-3H3,(H,46,55)(H,47,54)(H,48,56). The van der Waals surface area contributed by atoms with Gasteiger partial charge in [0.25, 0.3) is 11.8 Å². The van der Waals surface area contributed by atoms with Gasteiger partial charge in [-0.05, 0) is 92.1 Å². The van der Waals surface area contributed by atoms with Crippen LogP contribution in [0, 0.1) is 38.0 Å². The van der Waals surface area contributed by atoms with Crippen LogP contribution in [-0.2, 0) is 22.4 Å². The van der Waals surface area contributed by atoms with Crippen molar-refractivity contribution in [3.05, 3.63) is 142 Å². The molecule has 0 radical (unpaired) electrons. The van der Waals surface area contributed by atoms with Crippen molar-refractivity contribution < 1.29 is 39.3 Å². The van der Waals surface area contributed by atoms with Crippen LogP contribution in [0.4, 0.5) is 17.1 Å². The summed E-state index contributed by atoms with van der Waals surface area (Å²) in [5.41, 5.74) is 4.42. The number of phenolic OH excluding ortho intramolecular Hbond substituents is 3. The predicted octanol–water partition coefficient (Wildman–Crippen LogP) is 7.33. The van der Waals surface area contributed by atoms with Crippen molar-refractivity contribution in [3.63, 3.8) is 0 Å². The first-order valence-corrected chi connectivity index (χ1v) is 17.7. The first-order chi connectivity index (χ1) is 26.7. The summed E-state index contributed by atoms with van der Waals surface area (Å²) in [5.74, 6) is -3.14. The molecule has 0 saturated carbocycles. The highest BCUT2D eigenvalue weighted by atomic mass is 16.3. The Morgan fingerprint density at radius 1 is 0.625 bits per heavy atom. The fourth-order valence-corrected chi connectivity index (χ4v) is 5.97. The van der Waals surface area contributed by atoms with Gasteiger partial charge in [-0.1, -0.05) is 42.5 Å². The maximum absolute atomic E-state index is 13.2. The van der Waals surface area contributed by atoms with Crippen LogP contribution in [0.1, 0.15) is 71.7 Å². The first kappa shape index (κ1) is 39.9. The molecule has 1 unspecified atom stereocenters. The van der Waals surface area contributed by atoms with Crippen molar-refractivity contribution >= 4 is 46.4 Å². The van der Waals surface area contributed by atoms with Crippen molar-refractivity contribution in [1.29, 1.82) is 5.26 Å². The smallest absolute Gasteiger partial charge is 0.259 e. The van der Waals surface area contributed by atoms with Crippen LogP contribution in [0.25, 0.3) is 0 Å². The van der Waals surface area contributed by atoms with Gasteiger partial charge in [0, 0.05) is 65.0 Å². The molecular formula is C44H40N4O8. The zero-order valence-electron chi connectivity index (χ0n) is 31.0. The number of nitrogens with zero attached hydrogens (tertiary/aromatic N) is 1.